The molecule has 1 aliphatic rings. The van der Waals surface area contributed by atoms with Gasteiger partial charge in [0.25, 0.3) is 0 Å². The molecule has 2 amide bonds. The first kappa shape index (κ1) is 38.1. The van der Waals surface area contributed by atoms with E-state index in [1.807, 2.05) is 24.3 Å². The number of rotatable bonds is 8. The van der Waals surface area contributed by atoms with E-state index in [4.69, 9.17) is 9.47 Å². The van der Waals surface area contributed by atoms with Crippen molar-refractivity contribution in [3.8, 4) is 34.5 Å². The van der Waals surface area contributed by atoms with Gasteiger partial charge in [-0.2, -0.15) is 0 Å². The fraction of sp³-hybridized carbons (Fsp3) is 0.133. The number of halogens is 8. The molecule has 0 aliphatic carbocycles. The lowest BCUT2D eigenvalue weighted by Crippen LogP contribution is -2.62. The summed E-state index contributed by atoms with van der Waals surface area (Å²) in [7, 11) is 0. The molecule has 46 heavy (non-hydrogen) atoms. The van der Waals surface area contributed by atoms with Crippen LogP contribution in [0.5, 0.6) is 34.5 Å². The third-order valence-corrected chi connectivity index (χ3v) is 13.2. The van der Waals surface area contributed by atoms with Crippen LogP contribution >= 0.6 is 181 Å². The Morgan fingerprint density at radius 1 is 0.500 bits per heavy atom. The molecule has 1 saturated heterocycles. The Hall–Kier alpha value is 0.860. The lowest BCUT2D eigenvalue weighted by molar-refractivity contribution is -0.136. The van der Waals surface area contributed by atoms with E-state index in [9.17, 15) is 19.8 Å². The van der Waals surface area contributed by atoms with Gasteiger partial charge in [-0.15, -0.1) is 0 Å². The minimum atomic E-state index is -0.700. The van der Waals surface area contributed by atoms with E-state index < -0.39 is 12.1 Å². The average molecular weight is 1520 g/mol. The maximum absolute atomic E-state index is 13.2. The van der Waals surface area contributed by atoms with Gasteiger partial charge in [-0.3, -0.25) is 9.59 Å². The quantitative estimate of drug-likeness (QED) is 0.131. The van der Waals surface area contributed by atoms with Gasteiger partial charge in [0.05, 0.1) is 28.6 Å². The second-order valence-corrected chi connectivity index (χ2v) is 19.3. The van der Waals surface area contributed by atoms with Gasteiger partial charge in [-0.05, 0) is 240 Å². The Morgan fingerprint density at radius 2 is 0.783 bits per heavy atom. The van der Waals surface area contributed by atoms with E-state index in [1.165, 1.54) is 0 Å². The molecule has 16 heteroatoms. The molecule has 2 unspecified atom stereocenters. The van der Waals surface area contributed by atoms with Gasteiger partial charge in [0, 0.05) is 12.8 Å². The molecule has 1 fully saturated rings. The van der Waals surface area contributed by atoms with Crippen LogP contribution in [0.3, 0.4) is 0 Å². The zero-order valence-electron chi connectivity index (χ0n) is 22.7. The topological polar surface area (TPSA) is 117 Å². The molecule has 2 atom stereocenters. The number of phenolic OH excluding ortho intramolecular Hbond substituents is 2. The smallest absolute Gasteiger partial charge is 0.243 e. The van der Waals surface area contributed by atoms with Gasteiger partial charge < -0.3 is 30.3 Å². The van der Waals surface area contributed by atoms with Crippen LogP contribution in [0.15, 0.2) is 48.5 Å². The Morgan fingerprint density at radius 3 is 1.07 bits per heavy atom. The molecule has 0 spiro atoms. The number of phenols is 2. The van der Waals surface area contributed by atoms with Crippen LogP contribution in [0.25, 0.3) is 0 Å². The summed E-state index contributed by atoms with van der Waals surface area (Å²) in [5, 5.41) is 26.0. The van der Waals surface area contributed by atoms with Gasteiger partial charge >= 0.3 is 0 Å². The second kappa shape index (κ2) is 16.5. The van der Waals surface area contributed by atoms with Crippen molar-refractivity contribution in [2.45, 2.75) is 24.9 Å². The van der Waals surface area contributed by atoms with E-state index in [0.29, 0.717) is 50.1 Å². The molecule has 0 saturated carbocycles. The highest BCUT2D eigenvalue weighted by Gasteiger charge is 2.34. The fourth-order valence-corrected chi connectivity index (χ4v) is 12.2. The molecule has 0 bridgehead atoms. The van der Waals surface area contributed by atoms with Crippen molar-refractivity contribution in [1.29, 1.82) is 0 Å². The summed E-state index contributed by atoms with van der Waals surface area (Å²) >= 11 is 17.1. The van der Waals surface area contributed by atoms with Crippen molar-refractivity contribution >= 4 is 193 Å². The summed E-state index contributed by atoms with van der Waals surface area (Å²) < 4.78 is 18.6. The molecule has 0 radical (unpaired) electrons. The standard InChI is InChI=1S/C30H18I8N2O6/c31-15-7-13(8-16(32)25(15)41)45-27-19(35)1-11(2-20(27)36)5-23-29(43)40-24(30(44)39-23)6-12-3-21(37)28(22(38)4-12)46-14-9-17(33)26(42)18(34)10-14/h1-4,7-10,23-24,41-42H,5-6H2,(H,39,44)(H,40,43). The third kappa shape index (κ3) is 9.20. The highest BCUT2D eigenvalue weighted by molar-refractivity contribution is 14.1. The first-order chi connectivity index (χ1) is 21.7. The predicted octanol–water partition coefficient (Wildman–Crippen LogP) is 9.29. The number of nitrogens with one attached hydrogen (secondary N) is 2. The summed E-state index contributed by atoms with van der Waals surface area (Å²) in [5.74, 6) is 2.61. The summed E-state index contributed by atoms with van der Waals surface area (Å²) in [6.07, 6.45) is 0.672. The van der Waals surface area contributed by atoms with Crippen molar-refractivity contribution < 1.29 is 29.3 Å². The first-order valence-corrected chi connectivity index (χ1v) is 21.6. The average Bonchev–Trinajstić information content (AvgIpc) is 2.97. The Balaban J connectivity index is 1.24. The summed E-state index contributed by atoms with van der Waals surface area (Å²) in [5.41, 5.74) is 1.79. The summed E-state index contributed by atoms with van der Waals surface area (Å²) in [6, 6.07) is 13.5. The number of carbonyl (C=O) groups is 2. The second-order valence-electron chi connectivity index (χ2n) is 9.98. The molecular formula is C30H18I8N2O6. The van der Waals surface area contributed by atoms with Gasteiger partial charge in [0.1, 0.15) is 35.1 Å². The van der Waals surface area contributed by atoms with Gasteiger partial charge in [0.2, 0.25) is 11.8 Å². The van der Waals surface area contributed by atoms with Gasteiger partial charge in [-0.1, -0.05) is 0 Å². The zero-order valence-corrected chi connectivity index (χ0v) is 40.0. The zero-order chi connectivity index (χ0) is 33.4. The Bertz CT molecular complexity index is 1660. The lowest BCUT2D eigenvalue weighted by atomic mass is 9.98. The van der Waals surface area contributed by atoms with E-state index in [0.717, 1.165) is 25.4 Å². The number of carbonyl (C=O) groups excluding carboxylic acids is 2. The number of aromatic hydroxyl groups is 2. The van der Waals surface area contributed by atoms with Crippen LogP contribution in [0.1, 0.15) is 11.1 Å². The molecule has 1 aliphatic heterocycles. The van der Waals surface area contributed by atoms with Crippen LogP contribution in [0, 0.1) is 28.6 Å². The molecule has 4 N–H and O–H groups in total. The third-order valence-electron chi connectivity index (χ3n) is 6.68. The highest BCUT2D eigenvalue weighted by Crippen LogP contribution is 2.38. The van der Waals surface area contributed by atoms with Gasteiger partial charge in [-0.25, -0.2) is 0 Å². The number of hydrogen-bond acceptors (Lipinski definition) is 6. The van der Waals surface area contributed by atoms with E-state index >= 15 is 0 Å². The van der Waals surface area contributed by atoms with E-state index in [1.54, 1.807) is 24.3 Å². The lowest BCUT2D eigenvalue weighted by Gasteiger charge is -2.30. The summed E-state index contributed by atoms with van der Waals surface area (Å²) in [4.78, 5) is 26.3. The molecule has 4 aromatic carbocycles. The largest absolute Gasteiger partial charge is 0.506 e. The molecule has 1 heterocycles. The van der Waals surface area contributed by atoms with Crippen LogP contribution in [0.2, 0.25) is 0 Å². The predicted molar refractivity (Wildman–Crippen MR) is 242 cm³/mol. The molecule has 4 aromatic rings. The molecule has 0 aromatic heterocycles. The molecule has 240 valence electrons. The first-order valence-electron chi connectivity index (χ1n) is 13.0. The molecule has 8 nitrogen and oxygen atoms in total. The number of piperazine rings is 1. The monoisotopic (exact) mass is 1520 g/mol. The van der Waals surface area contributed by atoms with Crippen molar-refractivity contribution in [2.24, 2.45) is 0 Å². The number of hydrogen-bond donors (Lipinski definition) is 4. The fourth-order valence-electron chi connectivity index (χ4n) is 4.53. The minimum absolute atomic E-state index is 0.229. The summed E-state index contributed by atoms with van der Waals surface area (Å²) in [6.45, 7) is 0. The molecule has 5 rings (SSSR count). The van der Waals surface area contributed by atoms with Crippen LogP contribution in [-0.2, 0) is 22.4 Å². The maximum Gasteiger partial charge on any atom is 0.243 e. The maximum atomic E-state index is 13.2. The van der Waals surface area contributed by atoms with Crippen molar-refractivity contribution in [3.63, 3.8) is 0 Å². The Labute approximate surface area is 373 Å². The van der Waals surface area contributed by atoms with E-state index in [-0.39, 0.29) is 23.3 Å². The van der Waals surface area contributed by atoms with Crippen LogP contribution < -0.4 is 20.1 Å². The molecular weight excluding hydrogens is 1500 g/mol. The van der Waals surface area contributed by atoms with Gasteiger partial charge in [0.15, 0.2) is 11.5 Å². The number of benzene rings is 4. The number of amides is 2. The van der Waals surface area contributed by atoms with Crippen molar-refractivity contribution in [1.82, 2.24) is 10.6 Å². The normalized spacial score (nSPS) is 16.2. The SMILES string of the molecule is O=C1NC(Cc2cc(I)c(Oc3cc(I)c(O)c(I)c3)c(I)c2)C(=O)NC1Cc1cc(I)c(Oc2cc(I)c(O)c(I)c2)c(I)c1. The van der Waals surface area contributed by atoms with E-state index in [2.05, 4.69) is 191 Å². The van der Waals surface area contributed by atoms with Crippen molar-refractivity contribution in [2.75, 3.05) is 0 Å². The number of ether oxygens (including phenoxy) is 2. The van der Waals surface area contributed by atoms with Crippen molar-refractivity contribution in [3.05, 3.63) is 88.2 Å². The minimum Gasteiger partial charge on any atom is -0.506 e. The van der Waals surface area contributed by atoms with Crippen LogP contribution in [-0.4, -0.2) is 34.1 Å². The Kier molecular flexibility index (Phi) is 13.6. The highest BCUT2D eigenvalue weighted by atomic mass is 127. The van der Waals surface area contributed by atoms with Crippen LogP contribution in [0.4, 0.5) is 0 Å².